The van der Waals surface area contributed by atoms with Crippen molar-refractivity contribution in [3.8, 4) is 0 Å². The van der Waals surface area contributed by atoms with Crippen LogP contribution in [0.2, 0.25) is 5.02 Å². The first kappa shape index (κ1) is 19.9. The fraction of sp³-hybridized carbons (Fsp3) is 0.300. The Kier molecular flexibility index (Phi) is 7.63. The van der Waals surface area contributed by atoms with Crippen LogP contribution in [0.1, 0.15) is 34.6 Å². The van der Waals surface area contributed by atoms with Gasteiger partial charge in [-0.15, -0.1) is 0 Å². The molecule has 0 aliphatic carbocycles. The molecule has 2 rings (SSSR count). The molecule has 5 nitrogen and oxygen atoms in total. The maximum absolute atomic E-state index is 12.2. The van der Waals surface area contributed by atoms with E-state index in [2.05, 4.69) is 24.5 Å². The summed E-state index contributed by atoms with van der Waals surface area (Å²) in [4.78, 5) is 25.8. The summed E-state index contributed by atoms with van der Waals surface area (Å²) in [5.74, 6) is -0.326. The number of halogens is 1. The summed E-state index contributed by atoms with van der Waals surface area (Å²) in [6.07, 6.45) is 0. The lowest BCUT2D eigenvalue weighted by Crippen LogP contribution is -3.12. The molecule has 138 valence electrons. The molecule has 2 aromatic rings. The smallest absolute Gasteiger partial charge is 0.255 e. The van der Waals surface area contributed by atoms with E-state index in [0.29, 0.717) is 28.4 Å². The number of rotatable bonds is 8. The van der Waals surface area contributed by atoms with Crippen LogP contribution >= 0.6 is 11.6 Å². The molecular weight excluding hydrogens is 350 g/mol. The zero-order valence-corrected chi connectivity index (χ0v) is 15.9. The molecule has 0 atom stereocenters. The van der Waals surface area contributed by atoms with Crippen molar-refractivity contribution in [3.63, 3.8) is 0 Å². The lowest BCUT2D eigenvalue weighted by atomic mass is 10.1. The summed E-state index contributed by atoms with van der Waals surface area (Å²) in [6.45, 7) is 7.93. The molecule has 0 unspecified atom stereocenters. The fourth-order valence-electron chi connectivity index (χ4n) is 2.57. The SMILES string of the molecule is CC[NH+](CC)CCNC(=O)c1ccc(NC(=O)c2ccc(Cl)cc2)cc1. The Morgan fingerprint density at radius 2 is 1.42 bits per heavy atom. The lowest BCUT2D eigenvalue weighted by molar-refractivity contribution is -0.895. The van der Waals surface area contributed by atoms with Crippen molar-refractivity contribution in [2.45, 2.75) is 13.8 Å². The number of hydrogen-bond donors (Lipinski definition) is 3. The fourth-order valence-corrected chi connectivity index (χ4v) is 2.69. The first-order valence-electron chi connectivity index (χ1n) is 8.82. The number of hydrogen-bond acceptors (Lipinski definition) is 2. The third-order valence-electron chi connectivity index (χ3n) is 4.28. The average molecular weight is 375 g/mol. The summed E-state index contributed by atoms with van der Waals surface area (Å²) in [5, 5.41) is 6.31. The van der Waals surface area contributed by atoms with Gasteiger partial charge in [-0.05, 0) is 62.4 Å². The van der Waals surface area contributed by atoms with E-state index in [4.69, 9.17) is 11.6 Å². The number of anilines is 1. The van der Waals surface area contributed by atoms with Gasteiger partial charge in [-0.1, -0.05) is 11.6 Å². The number of nitrogens with one attached hydrogen (secondary N) is 3. The van der Waals surface area contributed by atoms with Gasteiger partial charge in [-0.2, -0.15) is 0 Å². The Bertz CT molecular complexity index is 726. The third-order valence-corrected chi connectivity index (χ3v) is 4.53. The van der Waals surface area contributed by atoms with Gasteiger partial charge in [0.25, 0.3) is 11.8 Å². The molecular formula is C20H25ClN3O2+. The van der Waals surface area contributed by atoms with Crippen molar-refractivity contribution in [1.29, 1.82) is 0 Å². The summed E-state index contributed by atoms with van der Waals surface area (Å²) in [5.41, 5.74) is 1.73. The molecule has 0 saturated heterocycles. The maximum atomic E-state index is 12.2. The van der Waals surface area contributed by atoms with Crippen molar-refractivity contribution < 1.29 is 14.5 Å². The number of carbonyl (C=O) groups is 2. The van der Waals surface area contributed by atoms with E-state index in [1.54, 1.807) is 48.5 Å². The van der Waals surface area contributed by atoms with E-state index in [1.165, 1.54) is 4.90 Å². The predicted octanol–water partition coefficient (Wildman–Crippen LogP) is 2.25. The molecule has 0 aliphatic rings. The van der Waals surface area contributed by atoms with Crippen molar-refractivity contribution in [2.24, 2.45) is 0 Å². The highest BCUT2D eigenvalue weighted by molar-refractivity contribution is 6.30. The van der Waals surface area contributed by atoms with Gasteiger partial charge in [0.15, 0.2) is 0 Å². The molecule has 2 aromatic carbocycles. The molecule has 0 heterocycles. The Balaban J connectivity index is 1.88. The number of amides is 2. The van der Waals surface area contributed by atoms with E-state index in [9.17, 15) is 9.59 Å². The van der Waals surface area contributed by atoms with Crippen LogP contribution in [0.3, 0.4) is 0 Å². The number of quaternary nitrogens is 1. The molecule has 0 bridgehead atoms. The molecule has 0 fully saturated rings. The Morgan fingerprint density at radius 1 is 0.885 bits per heavy atom. The van der Waals surface area contributed by atoms with Crippen LogP contribution in [0.15, 0.2) is 48.5 Å². The highest BCUT2D eigenvalue weighted by Crippen LogP contribution is 2.13. The molecule has 26 heavy (non-hydrogen) atoms. The van der Waals surface area contributed by atoms with E-state index in [-0.39, 0.29) is 11.8 Å². The highest BCUT2D eigenvalue weighted by Gasteiger charge is 2.09. The van der Waals surface area contributed by atoms with Crippen LogP contribution in [0.5, 0.6) is 0 Å². The largest absolute Gasteiger partial charge is 0.346 e. The minimum absolute atomic E-state index is 0.105. The Morgan fingerprint density at radius 3 is 2.00 bits per heavy atom. The second kappa shape index (κ2) is 9.94. The number of benzene rings is 2. The van der Waals surface area contributed by atoms with Crippen LogP contribution in [-0.4, -0.2) is 38.0 Å². The second-order valence-corrected chi connectivity index (χ2v) is 6.44. The predicted molar refractivity (Wildman–Crippen MR) is 105 cm³/mol. The Labute approximate surface area is 159 Å². The Hall–Kier alpha value is -2.37. The van der Waals surface area contributed by atoms with Gasteiger partial charge in [-0.25, -0.2) is 0 Å². The minimum Gasteiger partial charge on any atom is -0.346 e. The van der Waals surface area contributed by atoms with Crippen molar-refractivity contribution >= 4 is 29.1 Å². The van der Waals surface area contributed by atoms with Crippen LogP contribution in [0.25, 0.3) is 0 Å². The zero-order valence-electron chi connectivity index (χ0n) is 15.1. The van der Waals surface area contributed by atoms with Crippen LogP contribution in [0, 0.1) is 0 Å². The monoisotopic (exact) mass is 374 g/mol. The van der Waals surface area contributed by atoms with Gasteiger partial charge >= 0.3 is 0 Å². The van der Waals surface area contributed by atoms with Crippen LogP contribution in [0.4, 0.5) is 5.69 Å². The van der Waals surface area contributed by atoms with Crippen molar-refractivity contribution in [1.82, 2.24) is 5.32 Å². The molecule has 6 heteroatoms. The molecule has 0 saturated carbocycles. The van der Waals surface area contributed by atoms with Gasteiger partial charge in [0.1, 0.15) is 0 Å². The first-order chi connectivity index (χ1) is 12.5. The number of carbonyl (C=O) groups excluding carboxylic acids is 2. The summed E-state index contributed by atoms with van der Waals surface area (Å²) in [7, 11) is 0. The van der Waals surface area contributed by atoms with E-state index in [1.807, 2.05) is 0 Å². The molecule has 0 aromatic heterocycles. The van der Waals surface area contributed by atoms with Crippen molar-refractivity contribution in [3.05, 3.63) is 64.7 Å². The molecule has 0 aliphatic heterocycles. The average Bonchev–Trinajstić information content (AvgIpc) is 2.66. The summed E-state index contributed by atoms with van der Waals surface area (Å²) >= 11 is 5.82. The van der Waals surface area contributed by atoms with E-state index < -0.39 is 0 Å². The molecule has 3 N–H and O–H groups in total. The van der Waals surface area contributed by atoms with Gasteiger partial charge in [0, 0.05) is 21.8 Å². The van der Waals surface area contributed by atoms with Gasteiger partial charge < -0.3 is 15.5 Å². The normalized spacial score (nSPS) is 10.6. The van der Waals surface area contributed by atoms with Crippen LogP contribution in [-0.2, 0) is 0 Å². The lowest BCUT2D eigenvalue weighted by Gasteiger charge is -2.15. The van der Waals surface area contributed by atoms with Crippen molar-refractivity contribution in [2.75, 3.05) is 31.5 Å². The molecule has 0 radical (unpaired) electrons. The van der Waals surface area contributed by atoms with Gasteiger partial charge in [-0.3, -0.25) is 9.59 Å². The summed E-state index contributed by atoms with van der Waals surface area (Å²) in [6, 6.07) is 13.5. The zero-order chi connectivity index (χ0) is 18.9. The minimum atomic E-state index is -0.221. The first-order valence-corrected chi connectivity index (χ1v) is 9.20. The maximum Gasteiger partial charge on any atom is 0.255 e. The number of likely N-dealkylation sites (N-methyl/N-ethyl adjacent to an activating group) is 1. The quantitative estimate of drug-likeness (QED) is 0.663. The third kappa shape index (κ3) is 5.86. The standard InChI is InChI=1S/C20H24ClN3O2/c1-3-24(4-2)14-13-22-19(25)15-7-11-18(12-8-15)23-20(26)16-5-9-17(21)10-6-16/h5-12H,3-4,13-14H2,1-2H3,(H,22,25)(H,23,26)/p+1. The highest BCUT2D eigenvalue weighted by atomic mass is 35.5. The molecule has 0 spiro atoms. The topological polar surface area (TPSA) is 62.6 Å². The van der Waals surface area contributed by atoms with E-state index in [0.717, 1.165) is 19.6 Å². The van der Waals surface area contributed by atoms with Gasteiger partial charge in [0.2, 0.25) is 0 Å². The van der Waals surface area contributed by atoms with Crippen LogP contribution < -0.4 is 15.5 Å². The second-order valence-electron chi connectivity index (χ2n) is 6.00. The molecule has 2 amide bonds. The summed E-state index contributed by atoms with van der Waals surface area (Å²) < 4.78 is 0. The van der Waals surface area contributed by atoms with Gasteiger partial charge in [0.05, 0.1) is 26.2 Å². The van der Waals surface area contributed by atoms with E-state index >= 15 is 0 Å².